The van der Waals surface area contributed by atoms with Crippen LogP contribution in [-0.2, 0) is 11.2 Å². The number of hydrogen-bond acceptors (Lipinski definition) is 3. The van der Waals surface area contributed by atoms with Gasteiger partial charge in [-0.1, -0.05) is 0 Å². The highest BCUT2D eigenvalue weighted by Gasteiger charge is 2.23. The molecule has 0 aliphatic rings. The Morgan fingerprint density at radius 1 is 1.39 bits per heavy atom. The van der Waals surface area contributed by atoms with Crippen LogP contribution in [0.5, 0.6) is 0 Å². The summed E-state index contributed by atoms with van der Waals surface area (Å²) in [5.41, 5.74) is 2.55. The van der Waals surface area contributed by atoms with Crippen molar-refractivity contribution >= 4 is 0 Å². The van der Waals surface area contributed by atoms with Crippen molar-refractivity contribution < 1.29 is 13.5 Å². The number of hydrazine groups is 1. The molecule has 0 aliphatic carbocycles. The third-order valence-corrected chi connectivity index (χ3v) is 3.00. The SMILES string of the molecule is COC(C)(C)CC(Cc1cc(F)ccc1F)NN. The second-order valence-electron chi connectivity index (χ2n) is 4.97. The Morgan fingerprint density at radius 2 is 2.06 bits per heavy atom. The fourth-order valence-electron chi connectivity index (χ4n) is 1.83. The van der Waals surface area contributed by atoms with Gasteiger partial charge in [0.2, 0.25) is 0 Å². The van der Waals surface area contributed by atoms with Crippen LogP contribution in [0.2, 0.25) is 0 Å². The Kier molecular flexibility index (Phi) is 5.19. The summed E-state index contributed by atoms with van der Waals surface area (Å²) in [5.74, 6) is 4.57. The Labute approximate surface area is 106 Å². The molecule has 102 valence electrons. The molecule has 5 heteroatoms. The third kappa shape index (κ3) is 4.33. The molecule has 0 aromatic heterocycles. The van der Waals surface area contributed by atoms with Crippen molar-refractivity contribution in [1.29, 1.82) is 0 Å². The molecule has 1 atom stereocenters. The standard InChI is InChI=1S/C13H20F2N2O/c1-13(2,18-3)8-11(17-16)7-9-6-10(14)4-5-12(9)15/h4-6,11,17H,7-8,16H2,1-3H3. The molecule has 3 N–H and O–H groups in total. The van der Waals surface area contributed by atoms with Crippen LogP contribution in [-0.4, -0.2) is 18.8 Å². The van der Waals surface area contributed by atoms with Crippen LogP contribution in [0.1, 0.15) is 25.8 Å². The molecular weight excluding hydrogens is 238 g/mol. The van der Waals surface area contributed by atoms with Gasteiger partial charge in [-0.15, -0.1) is 0 Å². The first-order valence-electron chi connectivity index (χ1n) is 5.83. The van der Waals surface area contributed by atoms with E-state index in [9.17, 15) is 8.78 Å². The number of nitrogens with two attached hydrogens (primary N) is 1. The van der Waals surface area contributed by atoms with Crippen LogP contribution in [0, 0.1) is 11.6 Å². The van der Waals surface area contributed by atoms with Gasteiger partial charge in [-0.3, -0.25) is 11.3 Å². The van der Waals surface area contributed by atoms with Crippen molar-refractivity contribution in [2.24, 2.45) is 5.84 Å². The third-order valence-electron chi connectivity index (χ3n) is 3.00. The minimum absolute atomic E-state index is 0.184. The summed E-state index contributed by atoms with van der Waals surface area (Å²) in [6.45, 7) is 3.83. The van der Waals surface area contributed by atoms with E-state index < -0.39 is 11.6 Å². The molecular formula is C13H20F2N2O. The average Bonchev–Trinajstić information content (AvgIpc) is 2.32. The zero-order valence-electron chi connectivity index (χ0n) is 11.0. The van der Waals surface area contributed by atoms with E-state index in [1.165, 1.54) is 6.07 Å². The summed E-state index contributed by atoms with van der Waals surface area (Å²) >= 11 is 0. The molecule has 0 saturated carbocycles. The molecule has 1 aromatic rings. The summed E-state index contributed by atoms with van der Waals surface area (Å²) in [6, 6.07) is 3.23. The van der Waals surface area contributed by atoms with Crippen LogP contribution < -0.4 is 11.3 Å². The van der Waals surface area contributed by atoms with Gasteiger partial charge in [-0.05, 0) is 50.5 Å². The summed E-state index contributed by atoms with van der Waals surface area (Å²) < 4.78 is 31.9. The van der Waals surface area contributed by atoms with E-state index in [0.29, 0.717) is 18.4 Å². The van der Waals surface area contributed by atoms with Gasteiger partial charge < -0.3 is 4.74 Å². The maximum absolute atomic E-state index is 13.5. The van der Waals surface area contributed by atoms with E-state index in [1.807, 2.05) is 13.8 Å². The maximum Gasteiger partial charge on any atom is 0.126 e. The number of ether oxygens (including phenoxy) is 1. The van der Waals surface area contributed by atoms with Crippen molar-refractivity contribution in [3.8, 4) is 0 Å². The lowest BCUT2D eigenvalue weighted by Gasteiger charge is -2.28. The molecule has 0 amide bonds. The summed E-state index contributed by atoms with van der Waals surface area (Å²) in [6.07, 6.45) is 0.906. The molecule has 1 unspecified atom stereocenters. The fourth-order valence-corrected chi connectivity index (χ4v) is 1.83. The van der Waals surface area contributed by atoms with E-state index in [4.69, 9.17) is 10.6 Å². The number of methoxy groups -OCH3 is 1. The van der Waals surface area contributed by atoms with Crippen LogP contribution in [0.3, 0.4) is 0 Å². The topological polar surface area (TPSA) is 47.3 Å². The molecule has 0 saturated heterocycles. The predicted molar refractivity (Wildman–Crippen MR) is 66.9 cm³/mol. The van der Waals surface area contributed by atoms with E-state index in [1.54, 1.807) is 7.11 Å². The number of benzene rings is 1. The lowest BCUT2D eigenvalue weighted by molar-refractivity contribution is 0.00704. The quantitative estimate of drug-likeness (QED) is 0.607. The van der Waals surface area contributed by atoms with Crippen LogP contribution in [0.4, 0.5) is 8.78 Å². The monoisotopic (exact) mass is 258 g/mol. The van der Waals surface area contributed by atoms with Crippen molar-refractivity contribution in [3.63, 3.8) is 0 Å². The molecule has 0 fully saturated rings. The Hall–Kier alpha value is -1.04. The normalized spacial score (nSPS) is 13.7. The first-order chi connectivity index (χ1) is 8.38. The second-order valence-corrected chi connectivity index (χ2v) is 4.97. The van der Waals surface area contributed by atoms with Crippen molar-refractivity contribution in [2.75, 3.05) is 7.11 Å². The number of rotatable bonds is 6. The lowest BCUT2D eigenvalue weighted by atomic mass is 9.94. The molecule has 1 aromatic carbocycles. The molecule has 0 bridgehead atoms. The first-order valence-corrected chi connectivity index (χ1v) is 5.83. The number of hydrogen-bond donors (Lipinski definition) is 2. The van der Waals surface area contributed by atoms with Crippen molar-refractivity contribution in [3.05, 3.63) is 35.4 Å². The average molecular weight is 258 g/mol. The zero-order chi connectivity index (χ0) is 13.8. The maximum atomic E-state index is 13.5. The summed E-state index contributed by atoms with van der Waals surface area (Å²) in [5, 5.41) is 0. The lowest BCUT2D eigenvalue weighted by Crippen LogP contribution is -2.42. The zero-order valence-corrected chi connectivity index (χ0v) is 11.0. The molecule has 18 heavy (non-hydrogen) atoms. The van der Waals surface area contributed by atoms with Gasteiger partial charge >= 0.3 is 0 Å². The van der Waals surface area contributed by atoms with Gasteiger partial charge in [0.15, 0.2) is 0 Å². The van der Waals surface area contributed by atoms with Gasteiger partial charge in [-0.25, -0.2) is 8.78 Å². The molecule has 0 radical (unpaired) electrons. The highest BCUT2D eigenvalue weighted by atomic mass is 19.1. The molecule has 3 nitrogen and oxygen atoms in total. The van der Waals surface area contributed by atoms with Gasteiger partial charge in [0.1, 0.15) is 11.6 Å². The van der Waals surface area contributed by atoms with Gasteiger partial charge in [-0.2, -0.15) is 0 Å². The summed E-state index contributed by atoms with van der Waals surface area (Å²) in [7, 11) is 1.61. The number of nitrogens with one attached hydrogen (secondary N) is 1. The molecule has 0 aliphatic heterocycles. The van der Waals surface area contributed by atoms with Gasteiger partial charge in [0.05, 0.1) is 5.60 Å². The Morgan fingerprint density at radius 3 is 2.61 bits per heavy atom. The highest BCUT2D eigenvalue weighted by molar-refractivity contribution is 5.19. The molecule has 0 heterocycles. The second kappa shape index (κ2) is 6.22. The largest absolute Gasteiger partial charge is 0.379 e. The van der Waals surface area contributed by atoms with Crippen molar-refractivity contribution in [1.82, 2.24) is 5.43 Å². The Balaban J connectivity index is 2.77. The smallest absolute Gasteiger partial charge is 0.126 e. The number of halogens is 2. The Bertz CT molecular complexity index is 397. The van der Waals surface area contributed by atoms with Crippen molar-refractivity contribution in [2.45, 2.75) is 38.3 Å². The van der Waals surface area contributed by atoms with Crippen LogP contribution in [0.25, 0.3) is 0 Å². The minimum atomic E-state index is -0.451. The molecule has 0 spiro atoms. The van der Waals surface area contributed by atoms with Crippen LogP contribution in [0.15, 0.2) is 18.2 Å². The van der Waals surface area contributed by atoms with Gasteiger partial charge in [0, 0.05) is 13.2 Å². The van der Waals surface area contributed by atoms with E-state index >= 15 is 0 Å². The van der Waals surface area contributed by atoms with E-state index in [2.05, 4.69) is 5.43 Å². The van der Waals surface area contributed by atoms with Gasteiger partial charge in [0.25, 0.3) is 0 Å². The predicted octanol–water partition coefficient (Wildman–Crippen LogP) is 2.15. The van der Waals surface area contributed by atoms with E-state index in [0.717, 1.165) is 12.1 Å². The summed E-state index contributed by atoms with van der Waals surface area (Å²) in [4.78, 5) is 0. The highest BCUT2D eigenvalue weighted by Crippen LogP contribution is 2.19. The van der Waals surface area contributed by atoms with Crippen LogP contribution >= 0.6 is 0 Å². The minimum Gasteiger partial charge on any atom is -0.379 e. The van der Waals surface area contributed by atoms with E-state index in [-0.39, 0.29) is 11.6 Å². The molecule has 1 rings (SSSR count). The first kappa shape index (κ1) is 15.0. The fraction of sp³-hybridized carbons (Fsp3) is 0.538.